The van der Waals surface area contributed by atoms with Crippen molar-refractivity contribution >= 4 is 32.4 Å². The Kier molecular flexibility index (Phi) is 4.45. The van der Waals surface area contributed by atoms with E-state index in [1.54, 1.807) is 6.20 Å². The van der Waals surface area contributed by atoms with Crippen molar-refractivity contribution in [3.63, 3.8) is 0 Å². The van der Waals surface area contributed by atoms with Crippen LogP contribution in [-0.4, -0.2) is 42.2 Å². The van der Waals surface area contributed by atoms with Crippen LogP contribution in [0, 0.1) is 0 Å². The lowest BCUT2D eigenvalue weighted by molar-refractivity contribution is -0.121. The molecule has 2 aromatic rings. The van der Waals surface area contributed by atoms with Gasteiger partial charge in [0, 0.05) is 41.7 Å². The predicted octanol–water partition coefficient (Wildman–Crippen LogP) is 1.54. The first kappa shape index (κ1) is 16.7. The van der Waals surface area contributed by atoms with E-state index in [0.29, 0.717) is 18.5 Å². The summed E-state index contributed by atoms with van der Waals surface area (Å²) in [5, 5.41) is 3.67. The number of amides is 1. The molecule has 1 aromatic carbocycles. The fourth-order valence-electron chi connectivity index (χ4n) is 3.14. The van der Waals surface area contributed by atoms with Gasteiger partial charge in [-0.3, -0.25) is 9.59 Å². The third-order valence-electron chi connectivity index (χ3n) is 4.35. The second kappa shape index (κ2) is 6.39. The van der Waals surface area contributed by atoms with Crippen molar-refractivity contribution in [2.45, 2.75) is 32.4 Å². The maximum absolute atomic E-state index is 12.1. The molecule has 6 nitrogen and oxygen atoms in total. The molecular formula is C17H20N2O4S. The summed E-state index contributed by atoms with van der Waals surface area (Å²) in [5.74, 6) is -0.00761. The topological polar surface area (TPSA) is 85.2 Å². The molecular weight excluding hydrogens is 328 g/mol. The highest BCUT2D eigenvalue weighted by atomic mass is 32.2. The SMILES string of the molecule is CC(=O)c1cn(CCC(=O)N[C@H]2CCS(=O)(=O)C2)c2ccccc12. The van der Waals surface area contributed by atoms with Crippen LogP contribution in [0.4, 0.5) is 0 Å². The first-order valence-corrected chi connectivity index (χ1v) is 9.76. The minimum absolute atomic E-state index is 0.00874. The number of carbonyl (C=O) groups excluding carboxylic acids is 2. The number of sulfone groups is 1. The third kappa shape index (κ3) is 3.51. The van der Waals surface area contributed by atoms with Crippen LogP contribution in [0.25, 0.3) is 10.9 Å². The molecule has 2 heterocycles. The first-order valence-electron chi connectivity index (χ1n) is 7.94. The van der Waals surface area contributed by atoms with E-state index >= 15 is 0 Å². The van der Waals surface area contributed by atoms with Gasteiger partial charge in [0.25, 0.3) is 0 Å². The molecule has 1 N–H and O–H groups in total. The molecule has 0 unspecified atom stereocenters. The number of carbonyl (C=O) groups is 2. The van der Waals surface area contributed by atoms with E-state index in [0.717, 1.165) is 10.9 Å². The second-order valence-corrected chi connectivity index (χ2v) is 8.46. The monoisotopic (exact) mass is 348 g/mol. The van der Waals surface area contributed by atoms with Gasteiger partial charge in [-0.25, -0.2) is 8.42 Å². The zero-order valence-corrected chi connectivity index (χ0v) is 14.3. The van der Waals surface area contributed by atoms with Crippen molar-refractivity contribution in [1.29, 1.82) is 0 Å². The van der Waals surface area contributed by atoms with Gasteiger partial charge in [-0.05, 0) is 19.4 Å². The number of para-hydroxylation sites is 1. The minimum atomic E-state index is -3.00. The first-order chi connectivity index (χ1) is 11.4. The number of nitrogens with one attached hydrogen (secondary N) is 1. The summed E-state index contributed by atoms with van der Waals surface area (Å²) in [6.07, 6.45) is 2.50. The van der Waals surface area contributed by atoms with Gasteiger partial charge in [-0.2, -0.15) is 0 Å². The molecule has 24 heavy (non-hydrogen) atoms. The van der Waals surface area contributed by atoms with E-state index in [4.69, 9.17) is 0 Å². The van der Waals surface area contributed by atoms with Crippen LogP contribution in [0.2, 0.25) is 0 Å². The second-order valence-electron chi connectivity index (χ2n) is 6.23. The summed E-state index contributed by atoms with van der Waals surface area (Å²) in [7, 11) is -3.00. The van der Waals surface area contributed by atoms with Crippen molar-refractivity contribution in [1.82, 2.24) is 9.88 Å². The van der Waals surface area contributed by atoms with Crippen LogP contribution in [0.5, 0.6) is 0 Å². The summed E-state index contributed by atoms with van der Waals surface area (Å²) >= 11 is 0. The van der Waals surface area contributed by atoms with Crippen molar-refractivity contribution < 1.29 is 18.0 Å². The lowest BCUT2D eigenvalue weighted by Crippen LogP contribution is -2.35. The maximum Gasteiger partial charge on any atom is 0.222 e. The Morgan fingerprint density at radius 1 is 1.29 bits per heavy atom. The number of fused-ring (bicyclic) bond motifs is 1. The Balaban J connectivity index is 1.68. The molecule has 128 valence electrons. The largest absolute Gasteiger partial charge is 0.352 e. The molecule has 1 saturated heterocycles. The number of ketones is 1. The molecule has 0 spiro atoms. The normalized spacial score (nSPS) is 19.5. The number of hydrogen-bond acceptors (Lipinski definition) is 4. The predicted molar refractivity (Wildman–Crippen MR) is 91.8 cm³/mol. The van der Waals surface area contributed by atoms with Crippen LogP contribution in [0.15, 0.2) is 30.5 Å². The maximum atomic E-state index is 12.1. The van der Waals surface area contributed by atoms with Gasteiger partial charge in [-0.1, -0.05) is 18.2 Å². The molecule has 1 aromatic heterocycles. The summed E-state index contributed by atoms with van der Waals surface area (Å²) in [6, 6.07) is 7.31. The van der Waals surface area contributed by atoms with Crippen LogP contribution in [-0.2, 0) is 21.2 Å². The summed E-state index contributed by atoms with van der Waals surface area (Å²) in [5.41, 5.74) is 1.56. The van der Waals surface area contributed by atoms with E-state index in [1.807, 2.05) is 28.8 Å². The van der Waals surface area contributed by atoms with Crippen LogP contribution < -0.4 is 5.32 Å². The van der Waals surface area contributed by atoms with E-state index in [-0.39, 0.29) is 35.7 Å². The average molecular weight is 348 g/mol. The van der Waals surface area contributed by atoms with Gasteiger partial charge in [0.1, 0.15) is 0 Å². The fourth-order valence-corrected chi connectivity index (χ4v) is 4.82. The Labute approximate surface area is 140 Å². The van der Waals surface area contributed by atoms with Gasteiger partial charge in [0.05, 0.1) is 11.5 Å². The molecule has 1 aliphatic rings. The molecule has 0 bridgehead atoms. The lowest BCUT2D eigenvalue weighted by Gasteiger charge is -2.11. The molecule has 0 aliphatic carbocycles. The van der Waals surface area contributed by atoms with Gasteiger partial charge in [-0.15, -0.1) is 0 Å². The number of rotatable bonds is 5. The fraction of sp³-hybridized carbons (Fsp3) is 0.412. The van der Waals surface area contributed by atoms with Crippen molar-refractivity contribution in [2.24, 2.45) is 0 Å². The molecule has 1 atom stereocenters. The molecule has 1 amide bonds. The highest BCUT2D eigenvalue weighted by Crippen LogP contribution is 2.22. The standard InChI is InChI=1S/C17H20N2O4S/c1-12(20)15-10-19(16-5-3-2-4-14(15)16)8-6-17(21)18-13-7-9-24(22,23)11-13/h2-5,10,13H,6-9,11H2,1H3,(H,18,21)/t13-/m0/s1. The Morgan fingerprint density at radius 3 is 2.71 bits per heavy atom. The molecule has 7 heteroatoms. The van der Waals surface area contributed by atoms with Gasteiger partial charge < -0.3 is 9.88 Å². The lowest BCUT2D eigenvalue weighted by atomic mass is 10.1. The van der Waals surface area contributed by atoms with Gasteiger partial charge in [0.2, 0.25) is 5.91 Å². The van der Waals surface area contributed by atoms with E-state index in [1.165, 1.54) is 6.92 Å². The van der Waals surface area contributed by atoms with Crippen molar-refractivity contribution in [3.8, 4) is 0 Å². The Morgan fingerprint density at radius 2 is 2.04 bits per heavy atom. The number of hydrogen-bond donors (Lipinski definition) is 1. The van der Waals surface area contributed by atoms with Crippen molar-refractivity contribution in [3.05, 3.63) is 36.0 Å². The molecule has 1 fully saturated rings. The highest BCUT2D eigenvalue weighted by molar-refractivity contribution is 7.91. The summed E-state index contributed by atoms with van der Waals surface area (Å²) in [6.45, 7) is 1.97. The highest BCUT2D eigenvalue weighted by Gasteiger charge is 2.28. The molecule has 1 aliphatic heterocycles. The quantitative estimate of drug-likeness (QED) is 0.831. The van der Waals surface area contributed by atoms with Crippen LogP contribution in [0.1, 0.15) is 30.1 Å². The number of benzene rings is 1. The summed E-state index contributed by atoms with van der Waals surface area (Å²) < 4.78 is 24.8. The third-order valence-corrected chi connectivity index (χ3v) is 6.11. The van der Waals surface area contributed by atoms with E-state index in [9.17, 15) is 18.0 Å². The van der Waals surface area contributed by atoms with E-state index in [2.05, 4.69) is 5.32 Å². The zero-order chi connectivity index (χ0) is 17.3. The summed E-state index contributed by atoms with van der Waals surface area (Å²) in [4.78, 5) is 23.8. The van der Waals surface area contributed by atoms with Crippen LogP contribution in [0.3, 0.4) is 0 Å². The molecule has 3 rings (SSSR count). The average Bonchev–Trinajstić information content (AvgIpc) is 3.05. The van der Waals surface area contributed by atoms with Crippen LogP contribution >= 0.6 is 0 Å². The number of nitrogens with zero attached hydrogens (tertiary/aromatic N) is 1. The van der Waals surface area contributed by atoms with Gasteiger partial charge >= 0.3 is 0 Å². The smallest absolute Gasteiger partial charge is 0.222 e. The Hall–Kier alpha value is -2.15. The zero-order valence-electron chi connectivity index (χ0n) is 13.5. The number of Topliss-reactive ketones (excluding diaryl/α,β-unsaturated/α-hetero) is 1. The number of aromatic nitrogens is 1. The Bertz CT molecular complexity index is 898. The van der Waals surface area contributed by atoms with Crippen molar-refractivity contribution in [2.75, 3.05) is 11.5 Å². The minimum Gasteiger partial charge on any atom is -0.352 e. The van der Waals surface area contributed by atoms with Gasteiger partial charge in [0.15, 0.2) is 15.6 Å². The number of aryl methyl sites for hydroxylation is 1. The molecule has 0 radical (unpaired) electrons. The van der Waals surface area contributed by atoms with E-state index < -0.39 is 9.84 Å². The molecule has 0 saturated carbocycles.